The molecule has 0 saturated heterocycles. The Bertz CT molecular complexity index is 1320. The van der Waals surface area contributed by atoms with Crippen molar-refractivity contribution in [1.29, 1.82) is 0 Å². The number of anilines is 1. The number of nitrogens with zero attached hydrogens (tertiary/aromatic N) is 2. The third-order valence-corrected chi connectivity index (χ3v) is 5.47. The van der Waals surface area contributed by atoms with Gasteiger partial charge in [-0.2, -0.15) is 5.10 Å². The Labute approximate surface area is 200 Å². The summed E-state index contributed by atoms with van der Waals surface area (Å²) in [6, 6.07) is 16.1. The van der Waals surface area contributed by atoms with Crippen LogP contribution in [0.4, 0.5) is 10.2 Å². The molecule has 174 valence electrons. The molecule has 2 aromatic heterocycles. The van der Waals surface area contributed by atoms with Gasteiger partial charge in [0.25, 0.3) is 5.91 Å². The van der Waals surface area contributed by atoms with E-state index in [-0.39, 0.29) is 24.7 Å². The molecule has 0 aliphatic rings. The second-order valence-corrected chi connectivity index (χ2v) is 8.03. The van der Waals surface area contributed by atoms with Gasteiger partial charge < -0.3 is 14.5 Å². The molecule has 1 amide bonds. The fraction of sp³-hybridized carbons (Fsp3) is 0.160. The first-order chi connectivity index (χ1) is 16.3. The van der Waals surface area contributed by atoms with E-state index >= 15 is 0 Å². The van der Waals surface area contributed by atoms with Crippen molar-refractivity contribution in [3.05, 3.63) is 99.8 Å². The van der Waals surface area contributed by atoms with Crippen LogP contribution in [0.5, 0.6) is 5.75 Å². The van der Waals surface area contributed by atoms with Gasteiger partial charge in [-0.15, -0.1) is 0 Å². The Morgan fingerprint density at radius 2 is 1.91 bits per heavy atom. The van der Waals surface area contributed by atoms with Crippen molar-refractivity contribution in [2.24, 2.45) is 0 Å². The smallest absolute Gasteiger partial charge is 0.292 e. The Morgan fingerprint density at radius 1 is 1.15 bits per heavy atom. The van der Waals surface area contributed by atoms with E-state index in [2.05, 4.69) is 10.4 Å². The predicted molar refractivity (Wildman–Crippen MR) is 125 cm³/mol. The van der Waals surface area contributed by atoms with Gasteiger partial charge in [0.15, 0.2) is 17.4 Å². The van der Waals surface area contributed by atoms with Crippen molar-refractivity contribution >= 4 is 29.1 Å². The number of Topliss-reactive ketones (excluding diaryl/α,β-unsaturated/α-hetero) is 1. The number of nitrogens with one attached hydrogen (secondary N) is 1. The summed E-state index contributed by atoms with van der Waals surface area (Å²) in [7, 11) is 0. The summed E-state index contributed by atoms with van der Waals surface area (Å²) in [5.41, 5.74) is 1.64. The predicted octanol–water partition coefficient (Wildman–Crippen LogP) is 5.66. The molecule has 1 N–H and O–H groups in total. The highest BCUT2D eigenvalue weighted by Crippen LogP contribution is 2.22. The number of hydrogen-bond donors (Lipinski definition) is 1. The molecule has 9 heteroatoms. The Hall–Kier alpha value is -3.91. The molecule has 0 bridgehead atoms. The number of hydrogen-bond acceptors (Lipinski definition) is 5. The number of furan rings is 1. The van der Waals surface area contributed by atoms with E-state index < -0.39 is 11.7 Å². The van der Waals surface area contributed by atoms with Crippen molar-refractivity contribution in [2.45, 2.75) is 27.0 Å². The van der Waals surface area contributed by atoms with Crippen molar-refractivity contribution in [3.8, 4) is 5.75 Å². The van der Waals surface area contributed by atoms with Crippen molar-refractivity contribution in [2.75, 3.05) is 5.32 Å². The van der Waals surface area contributed by atoms with Crippen LogP contribution in [-0.4, -0.2) is 21.5 Å². The monoisotopic (exact) mass is 481 g/mol. The molecule has 34 heavy (non-hydrogen) atoms. The summed E-state index contributed by atoms with van der Waals surface area (Å²) in [5.74, 6) is 0.493. The lowest BCUT2D eigenvalue weighted by Gasteiger charge is -2.07. The summed E-state index contributed by atoms with van der Waals surface area (Å²) in [6.07, 6.45) is 0. The van der Waals surface area contributed by atoms with E-state index in [1.54, 1.807) is 54.1 Å². The maximum Gasteiger partial charge on any atom is 0.292 e. The number of halogens is 2. The quantitative estimate of drug-likeness (QED) is 0.328. The molecule has 2 aromatic carbocycles. The van der Waals surface area contributed by atoms with Crippen LogP contribution in [0.15, 0.2) is 65.1 Å². The van der Waals surface area contributed by atoms with Crippen molar-refractivity contribution in [1.82, 2.24) is 9.78 Å². The van der Waals surface area contributed by atoms with Gasteiger partial charge in [0.2, 0.25) is 0 Å². The van der Waals surface area contributed by atoms with Crippen LogP contribution >= 0.6 is 11.6 Å². The van der Waals surface area contributed by atoms with Crippen LogP contribution in [0, 0.1) is 12.7 Å². The second kappa shape index (κ2) is 9.93. The molecular weight excluding hydrogens is 461 g/mol. The van der Waals surface area contributed by atoms with Crippen LogP contribution in [0.2, 0.25) is 5.02 Å². The van der Waals surface area contributed by atoms with Gasteiger partial charge >= 0.3 is 0 Å². The lowest BCUT2D eigenvalue weighted by atomic mass is 10.1. The normalized spacial score (nSPS) is 10.8. The first kappa shape index (κ1) is 23.3. The molecule has 7 nitrogen and oxygen atoms in total. The zero-order valence-electron chi connectivity index (χ0n) is 18.5. The first-order valence-corrected chi connectivity index (χ1v) is 10.8. The van der Waals surface area contributed by atoms with Gasteiger partial charge in [-0.25, -0.2) is 4.39 Å². The highest BCUT2D eigenvalue weighted by molar-refractivity contribution is 6.31. The van der Waals surface area contributed by atoms with Crippen LogP contribution in [0.3, 0.4) is 0 Å². The van der Waals surface area contributed by atoms with Crippen LogP contribution < -0.4 is 10.1 Å². The van der Waals surface area contributed by atoms with Crippen LogP contribution in [-0.2, 0) is 13.2 Å². The SMILES string of the molecule is CC(=O)c1ccc(OCc2ccc(C(=O)Nc3cc(C)n(Cc4c(F)cccc4Cl)n3)o2)cc1. The summed E-state index contributed by atoms with van der Waals surface area (Å²) in [5, 5.41) is 7.30. The highest BCUT2D eigenvalue weighted by Gasteiger charge is 2.16. The van der Waals surface area contributed by atoms with Gasteiger partial charge in [-0.1, -0.05) is 17.7 Å². The van der Waals surface area contributed by atoms with E-state index in [0.29, 0.717) is 33.5 Å². The molecule has 0 aliphatic heterocycles. The molecule has 0 atom stereocenters. The Kier molecular flexibility index (Phi) is 6.79. The molecule has 2 heterocycles. The largest absolute Gasteiger partial charge is 0.486 e. The van der Waals surface area contributed by atoms with Gasteiger partial charge in [0.1, 0.15) is 23.9 Å². The Morgan fingerprint density at radius 3 is 2.62 bits per heavy atom. The fourth-order valence-electron chi connectivity index (χ4n) is 3.26. The number of aromatic nitrogens is 2. The molecule has 0 unspecified atom stereocenters. The molecule has 0 aliphatic carbocycles. The number of ether oxygens (including phenoxy) is 1. The zero-order chi connectivity index (χ0) is 24.2. The van der Waals surface area contributed by atoms with Gasteiger partial charge in [-0.05, 0) is 62.4 Å². The minimum absolute atomic E-state index is 0.0238. The minimum Gasteiger partial charge on any atom is -0.486 e. The van der Waals surface area contributed by atoms with Crippen molar-refractivity contribution < 1.29 is 23.1 Å². The van der Waals surface area contributed by atoms with Crippen LogP contribution in [0.1, 0.15) is 44.9 Å². The number of aryl methyl sites for hydroxylation is 1. The third kappa shape index (κ3) is 5.35. The molecule has 0 saturated carbocycles. The number of carbonyl (C=O) groups is 2. The lowest BCUT2D eigenvalue weighted by Crippen LogP contribution is -2.12. The number of benzene rings is 2. The molecular formula is C25H21ClFN3O4. The average molecular weight is 482 g/mol. The first-order valence-electron chi connectivity index (χ1n) is 10.4. The molecule has 4 rings (SSSR count). The maximum absolute atomic E-state index is 14.1. The minimum atomic E-state index is -0.481. The number of rotatable bonds is 8. The average Bonchev–Trinajstić information content (AvgIpc) is 3.41. The van der Waals surface area contributed by atoms with E-state index in [1.807, 2.05) is 0 Å². The lowest BCUT2D eigenvalue weighted by molar-refractivity contribution is 0.0990. The summed E-state index contributed by atoms with van der Waals surface area (Å²) in [6.45, 7) is 3.53. The standard InChI is InChI=1S/C25H21ClFN3O4/c1-15-12-24(29-30(15)13-20-21(26)4-3-5-22(20)27)28-25(32)23-11-10-19(34-23)14-33-18-8-6-17(7-9-18)16(2)31/h3-12H,13-14H2,1-2H3,(H,28,29,32). The maximum atomic E-state index is 14.1. The van der Waals surface area contributed by atoms with E-state index in [9.17, 15) is 14.0 Å². The topological polar surface area (TPSA) is 86.4 Å². The zero-order valence-corrected chi connectivity index (χ0v) is 19.2. The molecule has 0 spiro atoms. The highest BCUT2D eigenvalue weighted by atomic mass is 35.5. The van der Waals surface area contributed by atoms with Crippen molar-refractivity contribution in [3.63, 3.8) is 0 Å². The summed E-state index contributed by atoms with van der Waals surface area (Å²) in [4.78, 5) is 23.9. The third-order valence-electron chi connectivity index (χ3n) is 5.12. The van der Waals surface area contributed by atoms with E-state index in [4.69, 9.17) is 20.8 Å². The Balaban J connectivity index is 1.37. The fourth-order valence-corrected chi connectivity index (χ4v) is 3.48. The van der Waals surface area contributed by atoms with Gasteiger partial charge in [0.05, 0.1) is 6.54 Å². The van der Waals surface area contributed by atoms with Gasteiger partial charge in [-0.3, -0.25) is 14.3 Å². The molecule has 0 radical (unpaired) electrons. The molecule has 4 aromatic rings. The summed E-state index contributed by atoms with van der Waals surface area (Å²) >= 11 is 6.10. The van der Waals surface area contributed by atoms with E-state index in [1.165, 1.54) is 25.1 Å². The number of carbonyl (C=O) groups excluding carboxylic acids is 2. The van der Waals surface area contributed by atoms with E-state index in [0.717, 1.165) is 5.69 Å². The molecule has 0 fully saturated rings. The van der Waals surface area contributed by atoms with Crippen LogP contribution in [0.25, 0.3) is 0 Å². The number of amides is 1. The second-order valence-electron chi connectivity index (χ2n) is 7.62. The summed E-state index contributed by atoms with van der Waals surface area (Å²) < 4.78 is 26.9. The number of ketones is 1. The van der Waals surface area contributed by atoms with Gasteiger partial charge in [0, 0.05) is 27.9 Å².